The summed E-state index contributed by atoms with van der Waals surface area (Å²) in [6.45, 7) is 4.70. The maximum Gasteiger partial charge on any atom is 0.231 e. The highest BCUT2D eigenvalue weighted by molar-refractivity contribution is 5.94. The predicted molar refractivity (Wildman–Crippen MR) is 91.9 cm³/mol. The molecule has 4 N–H and O–H groups in total. The van der Waals surface area contributed by atoms with Crippen LogP contribution in [0.1, 0.15) is 19.4 Å². The molecule has 2 rings (SSSR count). The molecule has 0 aromatic heterocycles. The zero-order valence-corrected chi connectivity index (χ0v) is 14.1. The van der Waals surface area contributed by atoms with Gasteiger partial charge in [0.25, 0.3) is 0 Å². The van der Waals surface area contributed by atoms with Crippen LogP contribution in [-0.2, 0) is 6.54 Å². The number of rotatable bonds is 2. The van der Waals surface area contributed by atoms with Gasteiger partial charge in [-0.05, 0) is 19.9 Å². The highest BCUT2D eigenvalue weighted by Gasteiger charge is 2.20. The van der Waals surface area contributed by atoms with Crippen LogP contribution in [0.25, 0.3) is 0 Å². The smallest absolute Gasteiger partial charge is 0.231 e. The fraction of sp³-hybridized carbons (Fsp3) is 0.375. The van der Waals surface area contributed by atoms with Gasteiger partial charge in [0.1, 0.15) is 0 Å². The van der Waals surface area contributed by atoms with Crippen LogP contribution in [0.2, 0.25) is 0 Å². The molecular weight excluding hydrogens is 294 g/mol. The molecule has 126 valence electrons. The number of ether oxygens (including phenoxy) is 2. The number of nitrogens with one attached hydrogen (secondary N) is 2. The molecule has 0 aliphatic carbocycles. The molecule has 1 aromatic rings. The van der Waals surface area contributed by atoms with E-state index in [1.165, 1.54) is 4.90 Å². The normalized spacial score (nSPS) is 11.7. The maximum absolute atomic E-state index is 7.94. The number of hydrogen-bond donors (Lipinski definition) is 3. The van der Waals surface area contributed by atoms with Crippen molar-refractivity contribution in [1.82, 2.24) is 9.80 Å². The van der Waals surface area contributed by atoms with Crippen molar-refractivity contribution in [1.29, 1.82) is 10.8 Å². The van der Waals surface area contributed by atoms with Gasteiger partial charge in [0.15, 0.2) is 23.4 Å². The first-order chi connectivity index (χ1) is 10.9. The second kappa shape index (κ2) is 8.67. The number of hydrogen-bond acceptors (Lipinski definition) is 4. The third-order valence-electron chi connectivity index (χ3n) is 3.26. The molecule has 7 heteroatoms. The molecule has 0 bridgehead atoms. The molecule has 0 unspecified atom stereocenters. The Balaban J connectivity index is 0.000000593. The summed E-state index contributed by atoms with van der Waals surface area (Å²) in [4.78, 5) is 2.97. The molecule has 0 spiro atoms. The first kappa shape index (κ1) is 18.3. The Bertz CT molecular complexity index is 582. The van der Waals surface area contributed by atoms with Crippen molar-refractivity contribution in [2.45, 2.75) is 20.4 Å². The van der Waals surface area contributed by atoms with Crippen LogP contribution in [0.15, 0.2) is 30.4 Å². The number of fused-ring (bicyclic) bond motifs is 1. The Labute approximate surface area is 137 Å². The first-order valence-corrected chi connectivity index (χ1v) is 7.24. The van der Waals surface area contributed by atoms with E-state index in [-0.39, 0.29) is 18.7 Å². The van der Waals surface area contributed by atoms with Gasteiger partial charge in [0, 0.05) is 26.2 Å². The fourth-order valence-corrected chi connectivity index (χ4v) is 1.82. The predicted octanol–water partition coefficient (Wildman–Crippen LogP) is 2.19. The number of allylic oxidation sites excluding steroid dienone is 2. The number of nitrogens with zero attached hydrogens (tertiary/aromatic N) is 2. The second-order valence-corrected chi connectivity index (χ2v) is 4.94. The Hall–Kier alpha value is -2.70. The molecule has 1 aliphatic rings. The number of guanidine groups is 2. The van der Waals surface area contributed by atoms with Gasteiger partial charge in [-0.3, -0.25) is 15.7 Å². The van der Waals surface area contributed by atoms with Crippen molar-refractivity contribution in [3.8, 4) is 11.5 Å². The molecule has 1 aromatic carbocycles. The fourth-order valence-electron chi connectivity index (χ4n) is 1.82. The van der Waals surface area contributed by atoms with Crippen LogP contribution < -0.4 is 15.2 Å². The standard InChI is InChI=1S/C12H17N5O2.C4H8/c1-16(12(15)17(2)11(13)14)6-8-4-3-5-9-10(8)19-7-18-9;1-3-4-2/h3-5,15H,6-7H2,1-2H3,(H3,13,14);3-4H,1-2H3/b;4-3-. The Kier molecular flexibility index (Phi) is 6.92. The zero-order valence-electron chi connectivity index (χ0n) is 14.1. The highest BCUT2D eigenvalue weighted by atomic mass is 16.7. The summed E-state index contributed by atoms with van der Waals surface area (Å²) in [6, 6.07) is 5.65. The van der Waals surface area contributed by atoms with Crippen LogP contribution in [0.3, 0.4) is 0 Å². The second-order valence-electron chi connectivity index (χ2n) is 4.94. The zero-order chi connectivity index (χ0) is 17.4. The molecule has 0 fully saturated rings. The molecule has 23 heavy (non-hydrogen) atoms. The highest BCUT2D eigenvalue weighted by Crippen LogP contribution is 2.35. The van der Waals surface area contributed by atoms with Gasteiger partial charge in [0.05, 0.1) is 0 Å². The summed E-state index contributed by atoms with van der Waals surface area (Å²) in [5.74, 6) is 1.41. The Morgan fingerprint density at radius 2 is 1.87 bits per heavy atom. The topological polar surface area (TPSA) is 98.7 Å². The summed E-state index contributed by atoms with van der Waals surface area (Å²) in [7, 11) is 3.34. The van der Waals surface area contributed by atoms with Crippen molar-refractivity contribution in [2.75, 3.05) is 20.9 Å². The van der Waals surface area contributed by atoms with Crippen molar-refractivity contribution in [2.24, 2.45) is 5.73 Å². The van der Waals surface area contributed by atoms with E-state index in [0.29, 0.717) is 12.3 Å². The summed E-state index contributed by atoms with van der Waals surface area (Å²) in [6.07, 6.45) is 4.00. The van der Waals surface area contributed by atoms with E-state index in [2.05, 4.69) is 0 Å². The number of benzene rings is 1. The quantitative estimate of drug-likeness (QED) is 0.441. The molecule has 0 amide bonds. The first-order valence-electron chi connectivity index (χ1n) is 7.24. The van der Waals surface area contributed by atoms with Gasteiger partial charge in [0.2, 0.25) is 6.79 Å². The minimum atomic E-state index is -0.172. The van der Waals surface area contributed by atoms with Gasteiger partial charge >= 0.3 is 0 Å². The van der Waals surface area contributed by atoms with Crippen LogP contribution in [-0.4, -0.2) is 42.6 Å². The number of para-hydroxylation sites is 1. The molecule has 1 aliphatic heterocycles. The van der Waals surface area contributed by atoms with Crippen LogP contribution >= 0.6 is 0 Å². The van der Waals surface area contributed by atoms with E-state index >= 15 is 0 Å². The van der Waals surface area contributed by atoms with E-state index in [1.807, 2.05) is 44.2 Å². The average Bonchev–Trinajstić information content (AvgIpc) is 3.03. The van der Waals surface area contributed by atoms with Gasteiger partial charge < -0.3 is 20.1 Å². The third-order valence-corrected chi connectivity index (χ3v) is 3.26. The molecule has 7 nitrogen and oxygen atoms in total. The van der Waals surface area contributed by atoms with Crippen molar-refractivity contribution < 1.29 is 9.47 Å². The molecule has 0 atom stereocenters. The van der Waals surface area contributed by atoms with Gasteiger partial charge in [-0.2, -0.15) is 0 Å². The monoisotopic (exact) mass is 319 g/mol. The van der Waals surface area contributed by atoms with Crippen LogP contribution in [0.5, 0.6) is 11.5 Å². The van der Waals surface area contributed by atoms with Crippen molar-refractivity contribution in [3.05, 3.63) is 35.9 Å². The van der Waals surface area contributed by atoms with E-state index < -0.39 is 0 Å². The summed E-state index contributed by atoms with van der Waals surface area (Å²) >= 11 is 0. The van der Waals surface area contributed by atoms with Crippen molar-refractivity contribution in [3.63, 3.8) is 0 Å². The van der Waals surface area contributed by atoms with Gasteiger partial charge in [-0.1, -0.05) is 24.3 Å². The lowest BCUT2D eigenvalue weighted by Crippen LogP contribution is -2.45. The van der Waals surface area contributed by atoms with E-state index in [4.69, 9.17) is 26.0 Å². The summed E-state index contributed by atoms with van der Waals surface area (Å²) in [5.41, 5.74) is 6.29. The lowest BCUT2D eigenvalue weighted by Gasteiger charge is -2.26. The van der Waals surface area contributed by atoms with E-state index in [1.54, 1.807) is 19.0 Å². The van der Waals surface area contributed by atoms with Crippen LogP contribution in [0.4, 0.5) is 0 Å². The Morgan fingerprint density at radius 1 is 1.22 bits per heavy atom. The minimum absolute atomic E-state index is 0.143. The van der Waals surface area contributed by atoms with Gasteiger partial charge in [-0.15, -0.1) is 0 Å². The molecule has 0 radical (unpaired) electrons. The molecule has 0 saturated heterocycles. The van der Waals surface area contributed by atoms with E-state index in [9.17, 15) is 0 Å². The van der Waals surface area contributed by atoms with E-state index in [0.717, 1.165) is 11.3 Å². The maximum atomic E-state index is 7.94. The van der Waals surface area contributed by atoms with Crippen LogP contribution in [0, 0.1) is 10.8 Å². The van der Waals surface area contributed by atoms with Gasteiger partial charge in [-0.25, -0.2) is 0 Å². The average molecular weight is 319 g/mol. The van der Waals surface area contributed by atoms with Crippen molar-refractivity contribution >= 4 is 11.9 Å². The number of nitrogens with two attached hydrogens (primary N) is 1. The molecule has 0 saturated carbocycles. The lowest BCUT2D eigenvalue weighted by atomic mass is 10.2. The largest absolute Gasteiger partial charge is 0.454 e. The SMILES string of the molecule is C/C=C\C.CN(Cc1cccc2c1OCO2)C(=N)N(C)C(=N)N. The molecule has 1 heterocycles. The summed E-state index contributed by atoms with van der Waals surface area (Å²) < 4.78 is 10.7. The molecular formula is C16H25N5O2. The minimum Gasteiger partial charge on any atom is -0.454 e. The Morgan fingerprint density at radius 3 is 2.43 bits per heavy atom. The third kappa shape index (κ3) is 4.91. The lowest BCUT2D eigenvalue weighted by molar-refractivity contribution is 0.173. The summed E-state index contributed by atoms with van der Waals surface area (Å²) in [5, 5.41) is 15.3.